The first-order chi connectivity index (χ1) is 14.3. The van der Waals surface area contributed by atoms with Crippen molar-refractivity contribution in [2.75, 3.05) is 27.2 Å². The van der Waals surface area contributed by atoms with Crippen LogP contribution in [-0.2, 0) is 27.1 Å². The molecule has 2 aromatic rings. The summed E-state index contributed by atoms with van der Waals surface area (Å²) in [7, 11) is 0.0358. The molecule has 0 radical (unpaired) electrons. The Morgan fingerprint density at radius 3 is 2.33 bits per heavy atom. The minimum Gasteiger partial charge on any atom is -0.497 e. The summed E-state index contributed by atoms with van der Waals surface area (Å²) >= 11 is 0. The van der Waals surface area contributed by atoms with Crippen LogP contribution in [-0.4, -0.2) is 50.8 Å². The SMILES string of the molecule is COc1ccc(CN(C)C(=O)C2CCN(S(=O)(=O)Cc3ccccc3C)CC2)cc1. The fraction of sp³-hybridized carbons (Fsp3) is 0.435. The molecule has 6 nitrogen and oxygen atoms in total. The maximum absolute atomic E-state index is 12.9. The van der Waals surface area contributed by atoms with Crippen molar-refractivity contribution in [3.8, 4) is 5.75 Å². The number of methoxy groups -OCH3 is 1. The van der Waals surface area contributed by atoms with Gasteiger partial charge in [0.1, 0.15) is 5.75 Å². The Balaban J connectivity index is 1.54. The highest BCUT2D eigenvalue weighted by Gasteiger charge is 2.32. The number of rotatable bonds is 7. The van der Waals surface area contributed by atoms with E-state index in [9.17, 15) is 13.2 Å². The Kier molecular flexibility index (Phi) is 7.15. The average Bonchev–Trinajstić information content (AvgIpc) is 2.75. The average molecular weight is 431 g/mol. The van der Waals surface area contributed by atoms with Gasteiger partial charge in [0.2, 0.25) is 15.9 Å². The van der Waals surface area contributed by atoms with Crippen LogP contribution in [0.4, 0.5) is 0 Å². The topological polar surface area (TPSA) is 66.9 Å². The molecule has 1 saturated heterocycles. The number of ether oxygens (including phenoxy) is 1. The van der Waals surface area contributed by atoms with Gasteiger partial charge in [-0.05, 0) is 48.6 Å². The molecule has 0 N–H and O–H groups in total. The molecule has 0 spiro atoms. The lowest BCUT2D eigenvalue weighted by molar-refractivity contribution is -0.135. The zero-order chi connectivity index (χ0) is 21.7. The van der Waals surface area contributed by atoms with Gasteiger partial charge >= 0.3 is 0 Å². The number of benzene rings is 2. The highest BCUT2D eigenvalue weighted by atomic mass is 32.2. The molecule has 162 valence electrons. The van der Waals surface area contributed by atoms with E-state index in [2.05, 4.69) is 0 Å². The van der Waals surface area contributed by atoms with Gasteiger partial charge < -0.3 is 9.64 Å². The highest BCUT2D eigenvalue weighted by Crippen LogP contribution is 2.24. The number of carbonyl (C=O) groups excluding carboxylic acids is 1. The predicted octanol–water partition coefficient (Wildman–Crippen LogP) is 3.20. The van der Waals surface area contributed by atoms with E-state index in [1.807, 2.05) is 55.5 Å². The molecule has 7 heteroatoms. The minimum absolute atomic E-state index is 0.00958. The maximum atomic E-state index is 12.9. The molecule has 1 amide bonds. The molecule has 0 atom stereocenters. The largest absolute Gasteiger partial charge is 0.497 e. The van der Waals surface area contributed by atoms with Gasteiger partial charge in [0.25, 0.3) is 0 Å². The Labute approximate surface area is 179 Å². The summed E-state index contributed by atoms with van der Waals surface area (Å²) in [6.45, 7) is 3.23. The molecule has 1 heterocycles. The summed E-state index contributed by atoms with van der Waals surface area (Å²) in [6, 6.07) is 15.2. The molecule has 0 unspecified atom stereocenters. The maximum Gasteiger partial charge on any atom is 0.225 e. The number of hydrogen-bond donors (Lipinski definition) is 0. The van der Waals surface area contributed by atoms with E-state index in [0.29, 0.717) is 32.5 Å². The Morgan fingerprint density at radius 2 is 1.73 bits per heavy atom. The van der Waals surface area contributed by atoms with Crippen molar-refractivity contribution in [3.05, 3.63) is 65.2 Å². The van der Waals surface area contributed by atoms with E-state index in [1.54, 1.807) is 19.1 Å². The third-order valence-electron chi connectivity index (χ3n) is 5.75. The Morgan fingerprint density at radius 1 is 1.10 bits per heavy atom. The minimum atomic E-state index is -3.39. The molecular formula is C23H30N2O4S. The van der Waals surface area contributed by atoms with Gasteiger partial charge in [0.15, 0.2) is 0 Å². The zero-order valence-electron chi connectivity index (χ0n) is 17.9. The number of hydrogen-bond acceptors (Lipinski definition) is 4. The number of nitrogens with zero attached hydrogens (tertiary/aromatic N) is 2. The Bertz CT molecular complexity index is 965. The second-order valence-corrected chi connectivity index (χ2v) is 9.87. The van der Waals surface area contributed by atoms with Gasteiger partial charge in [0.05, 0.1) is 12.9 Å². The zero-order valence-corrected chi connectivity index (χ0v) is 18.7. The van der Waals surface area contributed by atoms with Crippen LogP contribution in [0.3, 0.4) is 0 Å². The number of sulfonamides is 1. The van der Waals surface area contributed by atoms with E-state index in [4.69, 9.17) is 4.74 Å². The van der Waals surface area contributed by atoms with Crippen LogP contribution >= 0.6 is 0 Å². The molecular weight excluding hydrogens is 400 g/mol. The number of carbonyl (C=O) groups is 1. The lowest BCUT2D eigenvalue weighted by Crippen LogP contribution is -2.43. The van der Waals surface area contributed by atoms with Crippen LogP contribution in [0.2, 0.25) is 0 Å². The molecule has 2 aromatic carbocycles. The van der Waals surface area contributed by atoms with Gasteiger partial charge in [0, 0.05) is 32.6 Å². The number of amides is 1. The first-order valence-electron chi connectivity index (χ1n) is 10.2. The number of aryl methyl sites for hydroxylation is 1. The number of piperidine rings is 1. The monoisotopic (exact) mass is 430 g/mol. The summed E-state index contributed by atoms with van der Waals surface area (Å²) in [5.74, 6) is 0.724. The van der Waals surface area contributed by atoms with Crippen molar-refractivity contribution in [1.82, 2.24) is 9.21 Å². The quantitative estimate of drug-likeness (QED) is 0.677. The van der Waals surface area contributed by atoms with Crippen LogP contribution in [0.1, 0.15) is 29.5 Å². The van der Waals surface area contributed by atoms with Crippen molar-refractivity contribution in [1.29, 1.82) is 0 Å². The van der Waals surface area contributed by atoms with Crippen molar-refractivity contribution < 1.29 is 17.9 Å². The van der Waals surface area contributed by atoms with E-state index >= 15 is 0 Å². The van der Waals surface area contributed by atoms with Crippen LogP contribution < -0.4 is 4.74 Å². The first kappa shape index (κ1) is 22.3. The highest BCUT2D eigenvalue weighted by molar-refractivity contribution is 7.88. The van der Waals surface area contributed by atoms with Crippen molar-refractivity contribution in [3.63, 3.8) is 0 Å². The fourth-order valence-corrected chi connectivity index (χ4v) is 5.50. The predicted molar refractivity (Wildman–Crippen MR) is 118 cm³/mol. The van der Waals surface area contributed by atoms with E-state index in [1.165, 1.54) is 4.31 Å². The summed E-state index contributed by atoms with van der Waals surface area (Å²) in [6.07, 6.45) is 1.11. The van der Waals surface area contributed by atoms with Gasteiger partial charge in [-0.3, -0.25) is 4.79 Å². The standard InChI is InChI=1S/C23H30N2O4S/c1-18-6-4-5-7-21(18)17-30(27,28)25-14-12-20(13-15-25)23(26)24(2)16-19-8-10-22(29-3)11-9-19/h4-11,20H,12-17H2,1-3H3. The van der Waals surface area contributed by atoms with E-state index in [-0.39, 0.29) is 17.6 Å². The fourth-order valence-electron chi connectivity index (χ4n) is 3.84. The summed E-state index contributed by atoms with van der Waals surface area (Å²) in [4.78, 5) is 14.6. The Hall–Kier alpha value is -2.38. The molecule has 0 bridgehead atoms. The summed E-state index contributed by atoms with van der Waals surface area (Å²) < 4.78 is 32.4. The molecule has 30 heavy (non-hydrogen) atoms. The molecule has 0 aliphatic carbocycles. The van der Waals surface area contributed by atoms with Gasteiger partial charge in [-0.25, -0.2) is 12.7 Å². The van der Waals surface area contributed by atoms with Crippen LogP contribution in [0.15, 0.2) is 48.5 Å². The molecule has 1 fully saturated rings. The van der Waals surface area contributed by atoms with Crippen molar-refractivity contribution in [2.24, 2.45) is 5.92 Å². The molecule has 0 saturated carbocycles. The van der Waals surface area contributed by atoms with E-state index < -0.39 is 10.0 Å². The summed E-state index contributed by atoms with van der Waals surface area (Å²) in [5.41, 5.74) is 2.84. The molecule has 0 aromatic heterocycles. The van der Waals surface area contributed by atoms with Gasteiger partial charge in [-0.2, -0.15) is 0 Å². The third kappa shape index (κ3) is 5.40. The molecule has 3 rings (SSSR count). The van der Waals surface area contributed by atoms with Gasteiger partial charge in [-0.15, -0.1) is 0 Å². The summed E-state index contributed by atoms with van der Waals surface area (Å²) in [5, 5.41) is 0. The van der Waals surface area contributed by atoms with Crippen molar-refractivity contribution >= 4 is 15.9 Å². The van der Waals surface area contributed by atoms with Crippen LogP contribution in [0, 0.1) is 12.8 Å². The molecule has 1 aliphatic heterocycles. The normalized spacial score (nSPS) is 15.7. The second-order valence-electron chi connectivity index (χ2n) is 7.90. The van der Waals surface area contributed by atoms with Crippen molar-refractivity contribution in [2.45, 2.75) is 32.1 Å². The second kappa shape index (κ2) is 9.62. The van der Waals surface area contributed by atoms with Crippen LogP contribution in [0.25, 0.3) is 0 Å². The third-order valence-corrected chi connectivity index (χ3v) is 7.58. The smallest absolute Gasteiger partial charge is 0.225 e. The first-order valence-corrected chi connectivity index (χ1v) is 11.8. The molecule has 1 aliphatic rings. The lowest BCUT2D eigenvalue weighted by atomic mass is 9.96. The lowest BCUT2D eigenvalue weighted by Gasteiger charge is -2.32. The van der Waals surface area contributed by atoms with Crippen LogP contribution in [0.5, 0.6) is 5.75 Å². The van der Waals surface area contributed by atoms with E-state index in [0.717, 1.165) is 22.4 Å². The van der Waals surface area contributed by atoms with Gasteiger partial charge in [-0.1, -0.05) is 36.4 Å².